The summed E-state index contributed by atoms with van der Waals surface area (Å²) >= 11 is 5.97. The summed E-state index contributed by atoms with van der Waals surface area (Å²) in [7, 11) is -3.52. The third-order valence-corrected chi connectivity index (χ3v) is 7.88. The lowest BCUT2D eigenvalue weighted by Gasteiger charge is -2.33. The molecule has 0 fully saturated rings. The van der Waals surface area contributed by atoms with Crippen LogP contribution in [0, 0.1) is 5.92 Å². The van der Waals surface area contributed by atoms with Gasteiger partial charge in [-0.1, -0.05) is 66.2 Å². The molecule has 4 rings (SSSR count). The Labute approximate surface area is 165 Å². The van der Waals surface area contributed by atoms with Gasteiger partial charge in [-0.15, -0.1) is 0 Å². The van der Waals surface area contributed by atoms with Gasteiger partial charge in [-0.2, -0.15) is 0 Å². The summed E-state index contributed by atoms with van der Waals surface area (Å²) in [6.45, 7) is 0. The van der Waals surface area contributed by atoms with Gasteiger partial charge >= 0.3 is 0 Å². The van der Waals surface area contributed by atoms with E-state index in [0.29, 0.717) is 9.92 Å². The first kappa shape index (κ1) is 18.3. The van der Waals surface area contributed by atoms with E-state index >= 15 is 0 Å². The summed E-state index contributed by atoms with van der Waals surface area (Å²) in [4.78, 5) is 0.340. The molecule has 1 aliphatic rings. The van der Waals surface area contributed by atoms with Gasteiger partial charge in [-0.25, -0.2) is 8.42 Å². The summed E-state index contributed by atoms with van der Waals surface area (Å²) in [6, 6.07) is 24.7. The highest BCUT2D eigenvalue weighted by Gasteiger charge is 2.39. The largest absolute Gasteiger partial charge is 0.223 e. The number of aryl methyl sites for hydroxylation is 1. The number of fused-ring (bicyclic) bond motifs is 1. The van der Waals surface area contributed by atoms with E-state index in [9.17, 15) is 8.42 Å². The lowest BCUT2D eigenvalue weighted by Crippen LogP contribution is -2.29. The Morgan fingerprint density at radius 2 is 1.52 bits per heavy atom. The van der Waals surface area contributed by atoms with Gasteiger partial charge in [0.1, 0.15) is 0 Å². The summed E-state index contributed by atoms with van der Waals surface area (Å²) in [5.74, 6) is 0.0444. The standard InChI is InChI=1S/C23H21ClO2S/c24-20-12-14-21(15-13-20)27(25,26)23-19(16-17-6-2-1-3-7-17)11-10-18-8-4-5-9-22(18)23/h1-9,12-15,19,23H,10-11,16H2. The molecule has 27 heavy (non-hydrogen) atoms. The van der Waals surface area contributed by atoms with E-state index in [1.54, 1.807) is 24.3 Å². The highest BCUT2D eigenvalue weighted by atomic mass is 35.5. The fourth-order valence-electron chi connectivity index (χ4n) is 4.10. The Bertz CT molecular complexity index is 1030. The number of hydrogen-bond donors (Lipinski definition) is 0. The highest BCUT2D eigenvalue weighted by Crippen LogP contribution is 2.44. The Hall–Kier alpha value is -2.10. The minimum Gasteiger partial charge on any atom is -0.223 e. The summed E-state index contributed by atoms with van der Waals surface area (Å²) in [5.41, 5.74) is 3.27. The first-order chi connectivity index (χ1) is 13.1. The van der Waals surface area contributed by atoms with Gasteiger partial charge in [0.2, 0.25) is 0 Å². The van der Waals surface area contributed by atoms with Crippen LogP contribution in [0.1, 0.15) is 28.4 Å². The van der Waals surface area contributed by atoms with E-state index in [1.807, 2.05) is 36.4 Å². The van der Waals surface area contributed by atoms with Crippen LogP contribution in [0.25, 0.3) is 0 Å². The van der Waals surface area contributed by atoms with Crippen molar-refractivity contribution in [1.82, 2.24) is 0 Å². The van der Waals surface area contributed by atoms with Crippen molar-refractivity contribution in [2.75, 3.05) is 0 Å². The van der Waals surface area contributed by atoms with Crippen LogP contribution >= 0.6 is 11.6 Å². The molecule has 1 aliphatic carbocycles. The zero-order chi connectivity index (χ0) is 18.9. The number of hydrogen-bond acceptors (Lipinski definition) is 2. The minimum absolute atomic E-state index is 0.0444. The summed E-state index contributed by atoms with van der Waals surface area (Å²) in [6.07, 6.45) is 2.54. The molecule has 0 saturated carbocycles. The van der Waals surface area contributed by atoms with Gasteiger partial charge in [0, 0.05) is 5.02 Å². The molecular formula is C23H21ClO2S. The molecule has 0 heterocycles. The molecule has 0 aliphatic heterocycles. The molecule has 0 N–H and O–H groups in total. The molecule has 0 radical (unpaired) electrons. The van der Waals surface area contributed by atoms with E-state index < -0.39 is 15.1 Å². The molecular weight excluding hydrogens is 376 g/mol. The van der Waals surface area contributed by atoms with Gasteiger partial charge in [-0.05, 0) is 66.1 Å². The van der Waals surface area contributed by atoms with E-state index in [0.717, 1.165) is 30.4 Å². The van der Waals surface area contributed by atoms with E-state index in [4.69, 9.17) is 11.6 Å². The number of rotatable bonds is 4. The van der Waals surface area contributed by atoms with Crippen molar-refractivity contribution >= 4 is 21.4 Å². The van der Waals surface area contributed by atoms with E-state index in [2.05, 4.69) is 18.2 Å². The molecule has 2 atom stereocenters. The van der Waals surface area contributed by atoms with E-state index in [-0.39, 0.29) is 5.92 Å². The summed E-state index contributed by atoms with van der Waals surface area (Å²) < 4.78 is 27.2. The van der Waals surface area contributed by atoms with Crippen LogP contribution in [-0.2, 0) is 22.7 Å². The lowest BCUT2D eigenvalue weighted by atomic mass is 9.80. The Morgan fingerprint density at radius 3 is 2.26 bits per heavy atom. The van der Waals surface area contributed by atoms with Crippen molar-refractivity contribution in [1.29, 1.82) is 0 Å². The van der Waals surface area contributed by atoms with Gasteiger partial charge < -0.3 is 0 Å². The molecule has 0 spiro atoms. The van der Waals surface area contributed by atoms with Crippen molar-refractivity contribution < 1.29 is 8.42 Å². The number of halogens is 1. The van der Waals surface area contributed by atoms with Crippen LogP contribution in [0.15, 0.2) is 83.8 Å². The van der Waals surface area contributed by atoms with Crippen molar-refractivity contribution in [3.8, 4) is 0 Å². The van der Waals surface area contributed by atoms with Crippen LogP contribution in [0.4, 0.5) is 0 Å². The Balaban J connectivity index is 1.79. The average molecular weight is 397 g/mol. The second-order valence-corrected chi connectivity index (χ2v) is 9.61. The molecule has 0 aromatic heterocycles. The maximum Gasteiger partial charge on any atom is 0.185 e. The lowest BCUT2D eigenvalue weighted by molar-refractivity contribution is 0.426. The molecule has 2 unspecified atom stereocenters. The molecule has 0 bridgehead atoms. The molecule has 138 valence electrons. The minimum atomic E-state index is -3.52. The maximum absolute atomic E-state index is 13.6. The van der Waals surface area contributed by atoms with Crippen molar-refractivity contribution in [3.63, 3.8) is 0 Å². The van der Waals surface area contributed by atoms with Crippen molar-refractivity contribution in [2.24, 2.45) is 5.92 Å². The second-order valence-electron chi connectivity index (χ2n) is 7.11. The quantitative estimate of drug-likeness (QED) is 0.570. The van der Waals surface area contributed by atoms with Crippen LogP contribution in [0.2, 0.25) is 5.02 Å². The SMILES string of the molecule is O=S(=O)(c1ccc(Cl)cc1)C1c2ccccc2CCC1Cc1ccccc1. The molecule has 0 saturated heterocycles. The molecule has 2 nitrogen and oxygen atoms in total. The zero-order valence-corrected chi connectivity index (χ0v) is 16.5. The van der Waals surface area contributed by atoms with Crippen LogP contribution in [0.3, 0.4) is 0 Å². The number of sulfone groups is 1. The molecule has 0 amide bonds. The third-order valence-electron chi connectivity index (χ3n) is 5.39. The van der Waals surface area contributed by atoms with Crippen molar-refractivity contribution in [2.45, 2.75) is 29.4 Å². The van der Waals surface area contributed by atoms with Gasteiger partial charge in [0.15, 0.2) is 9.84 Å². The Morgan fingerprint density at radius 1 is 0.852 bits per heavy atom. The monoisotopic (exact) mass is 396 g/mol. The second kappa shape index (κ2) is 7.49. The van der Waals surface area contributed by atoms with Crippen LogP contribution < -0.4 is 0 Å². The molecule has 4 heteroatoms. The smallest absolute Gasteiger partial charge is 0.185 e. The van der Waals surface area contributed by atoms with Crippen LogP contribution in [0.5, 0.6) is 0 Å². The predicted octanol–water partition coefficient (Wildman–Crippen LogP) is 5.66. The predicted molar refractivity (Wildman–Crippen MR) is 110 cm³/mol. The maximum atomic E-state index is 13.6. The average Bonchev–Trinajstić information content (AvgIpc) is 2.69. The van der Waals surface area contributed by atoms with Gasteiger partial charge in [-0.3, -0.25) is 0 Å². The first-order valence-corrected chi connectivity index (χ1v) is 11.1. The highest BCUT2D eigenvalue weighted by molar-refractivity contribution is 7.91. The van der Waals surface area contributed by atoms with E-state index in [1.165, 1.54) is 5.56 Å². The fourth-order valence-corrected chi connectivity index (χ4v) is 6.34. The topological polar surface area (TPSA) is 34.1 Å². The first-order valence-electron chi connectivity index (χ1n) is 9.17. The third kappa shape index (κ3) is 3.67. The normalized spacial score (nSPS) is 19.4. The van der Waals surface area contributed by atoms with Gasteiger partial charge in [0.05, 0.1) is 10.1 Å². The Kier molecular flexibility index (Phi) is 5.07. The molecule has 3 aromatic carbocycles. The zero-order valence-electron chi connectivity index (χ0n) is 14.9. The van der Waals surface area contributed by atoms with Gasteiger partial charge in [0.25, 0.3) is 0 Å². The number of benzene rings is 3. The summed E-state index contributed by atoms with van der Waals surface area (Å²) in [5, 5.41) is 0.00246. The van der Waals surface area contributed by atoms with Crippen LogP contribution in [-0.4, -0.2) is 8.42 Å². The fraction of sp³-hybridized carbons (Fsp3) is 0.217. The molecule has 3 aromatic rings. The van der Waals surface area contributed by atoms with Crippen molar-refractivity contribution in [3.05, 3.63) is 101 Å².